The molecule has 0 radical (unpaired) electrons. The number of rotatable bonds is 4. The van der Waals surface area contributed by atoms with E-state index in [0.717, 1.165) is 16.9 Å². The van der Waals surface area contributed by atoms with Crippen LogP contribution in [0.15, 0.2) is 36.5 Å². The summed E-state index contributed by atoms with van der Waals surface area (Å²) in [4.78, 5) is 19.7. The molecule has 1 N–H and O–H groups in total. The molecular weight excluding hydrogens is 242 g/mol. The van der Waals surface area contributed by atoms with E-state index in [1.54, 1.807) is 12.3 Å². The van der Waals surface area contributed by atoms with Crippen LogP contribution in [0, 0.1) is 13.8 Å². The summed E-state index contributed by atoms with van der Waals surface area (Å²) in [5.41, 5.74) is 2.63. The molecule has 0 aliphatic carbocycles. The van der Waals surface area contributed by atoms with Crippen LogP contribution < -0.4 is 10.1 Å². The van der Waals surface area contributed by atoms with Gasteiger partial charge in [-0.15, -0.1) is 0 Å². The molecule has 19 heavy (non-hydrogen) atoms. The van der Waals surface area contributed by atoms with E-state index in [4.69, 9.17) is 4.74 Å². The number of benzene rings is 1. The van der Waals surface area contributed by atoms with E-state index in [2.05, 4.69) is 15.3 Å². The summed E-state index contributed by atoms with van der Waals surface area (Å²) < 4.78 is 5.22. The van der Waals surface area contributed by atoms with E-state index in [9.17, 15) is 4.79 Å². The topological polar surface area (TPSA) is 64.1 Å². The minimum Gasteiger partial charge on any atom is -0.453 e. The number of anilines is 1. The SMILES string of the molecule is Cc1cccc(NC(=O)COc2nccc(C)n2)c1. The average molecular weight is 257 g/mol. The molecule has 1 amide bonds. The van der Waals surface area contributed by atoms with Crippen molar-refractivity contribution in [2.45, 2.75) is 13.8 Å². The fourth-order valence-corrected chi connectivity index (χ4v) is 1.55. The lowest BCUT2D eigenvalue weighted by molar-refractivity contribution is -0.118. The van der Waals surface area contributed by atoms with Crippen LogP contribution in [0.25, 0.3) is 0 Å². The van der Waals surface area contributed by atoms with E-state index in [0.29, 0.717) is 0 Å². The van der Waals surface area contributed by atoms with Gasteiger partial charge in [-0.05, 0) is 37.6 Å². The number of hydrogen-bond donors (Lipinski definition) is 1. The van der Waals surface area contributed by atoms with Gasteiger partial charge in [-0.1, -0.05) is 12.1 Å². The van der Waals surface area contributed by atoms with Crippen LogP contribution in [0.2, 0.25) is 0 Å². The maximum absolute atomic E-state index is 11.7. The summed E-state index contributed by atoms with van der Waals surface area (Å²) >= 11 is 0. The van der Waals surface area contributed by atoms with Gasteiger partial charge in [0.1, 0.15) is 0 Å². The highest BCUT2D eigenvalue weighted by Gasteiger charge is 2.05. The summed E-state index contributed by atoms with van der Waals surface area (Å²) in [6.07, 6.45) is 1.59. The van der Waals surface area contributed by atoms with Gasteiger partial charge in [-0.25, -0.2) is 9.97 Å². The number of carbonyl (C=O) groups excluding carboxylic acids is 1. The Bertz CT molecular complexity index is 584. The van der Waals surface area contributed by atoms with Crippen LogP contribution in [0.4, 0.5) is 5.69 Å². The smallest absolute Gasteiger partial charge is 0.317 e. The number of carbonyl (C=O) groups is 1. The minimum atomic E-state index is -0.240. The van der Waals surface area contributed by atoms with E-state index in [1.807, 2.05) is 38.1 Å². The van der Waals surface area contributed by atoms with Crippen LogP contribution in [-0.4, -0.2) is 22.5 Å². The van der Waals surface area contributed by atoms with Gasteiger partial charge in [0.25, 0.3) is 5.91 Å². The first-order valence-corrected chi connectivity index (χ1v) is 5.92. The predicted molar refractivity (Wildman–Crippen MR) is 72.1 cm³/mol. The van der Waals surface area contributed by atoms with Gasteiger partial charge in [-0.2, -0.15) is 0 Å². The molecule has 0 saturated heterocycles. The van der Waals surface area contributed by atoms with Crippen molar-refractivity contribution in [1.29, 1.82) is 0 Å². The summed E-state index contributed by atoms with van der Waals surface area (Å²) in [5, 5.41) is 2.75. The standard InChI is InChI=1S/C14H15N3O2/c1-10-4-3-5-12(8-10)17-13(18)9-19-14-15-7-6-11(2)16-14/h3-8H,9H2,1-2H3,(H,17,18). The lowest BCUT2D eigenvalue weighted by Gasteiger charge is -2.07. The zero-order valence-corrected chi connectivity index (χ0v) is 10.9. The third-order valence-electron chi connectivity index (χ3n) is 2.41. The fourth-order valence-electron chi connectivity index (χ4n) is 1.55. The lowest BCUT2D eigenvalue weighted by Crippen LogP contribution is -2.20. The maximum Gasteiger partial charge on any atom is 0.317 e. The second kappa shape index (κ2) is 5.95. The maximum atomic E-state index is 11.7. The average Bonchev–Trinajstić information content (AvgIpc) is 2.36. The van der Waals surface area contributed by atoms with Crippen LogP contribution in [0.3, 0.4) is 0 Å². The highest BCUT2D eigenvalue weighted by Crippen LogP contribution is 2.09. The molecule has 0 spiro atoms. The zero-order valence-electron chi connectivity index (χ0n) is 10.9. The first-order chi connectivity index (χ1) is 9.13. The molecule has 1 aromatic heterocycles. The van der Waals surface area contributed by atoms with E-state index in [1.165, 1.54) is 0 Å². The minimum absolute atomic E-state index is 0.114. The molecule has 0 aliphatic rings. The van der Waals surface area contributed by atoms with Gasteiger partial charge >= 0.3 is 6.01 Å². The molecule has 0 fully saturated rings. The van der Waals surface area contributed by atoms with Crippen LogP contribution >= 0.6 is 0 Å². The van der Waals surface area contributed by atoms with Gasteiger partial charge in [0.15, 0.2) is 6.61 Å². The largest absolute Gasteiger partial charge is 0.453 e. The number of ether oxygens (including phenoxy) is 1. The van der Waals surface area contributed by atoms with Crippen molar-refractivity contribution in [3.63, 3.8) is 0 Å². The van der Waals surface area contributed by atoms with E-state index < -0.39 is 0 Å². The molecule has 0 aliphatic heterocycles. The van der Waals surface area contributed by atoms with Gasteiger partial charge in [0, 0.05) is 17.6 Å². The molecule has 5 nitrogen and oxygen atoms in total. The number of amides is 1. The third-order valence-corrected chi connectivity index (χ3v) is 2.41. The zero-order chi connectivity index (χ0) is 13.7. The Hall–Kier alpha value is -2.43. The molecule has 0 saturated carbocycles. The van der Waals surface area contributed by atoms with E-state index in [-0.39, 0.29) is 18.5 Å². The molecule has 1 heterocycles. The first-order valence-electron chi connectivity index (χ1n) is 5.92. The molecule has 2 aromatic rings. The van der Waals surface area contributed by atoms with Gasteiger partial charge in [0.05, 0.1) is 0 Å². The van der Waals surface area contributed by atoms with Crippen molar-refractivity contribution in [3.8, 4) is 6.01 Å². The Morgan fingerprint density at radius 2 is 2.16 bits per heavy atom. The second-order valence-electron chi connectivity index (χ2n) is 4.19. The normalized spacial score (nSPS) is 10.0. The van der Waals surface area contributed by atoms with Gasteiger partial charge < -0.3 is 10.1 Å². The Labute approximate surface area is 111 Å². The summed E-state index contributed by atoms with van der Waals surface area (Å²) in [7, 11) is 0. The Morgan fingerprint density at radius 3 is 2.89 bits per heavy atom. The highest BCUT2D eigenvalue weighted by atomic mass is 16.5. The van der Waals surface area contributed by atoms with Crippen molar-refractivity contribution in [2.75, 3.05) is 11.9 Å². The third kappa shape index (κ3) is 4.06. The lowest BCUT2D eigenvalue weighted by atomic mass is 10.2. The molecule has 1 aromatic carbocycles. The summed E-state index contributed by atoms with van der Waals surface area (Å²) in [6, 6.07) is 9.54. The Balaban J connectivity index is 1.88. The number of nitrogens with one attached hydrogen (secondary N) is 1. The number of hydrogen-bond acceptors (Lipinski definition) is 4. The van der Waals surface area contributed by atoms with Crippen LogP contribution in [0.1, 0.15) is 11.3 Å². The second-order valence-corrected chi connectivity index (χ2v) is 4.19. The van der Waals surface area contributed by atoms with Gasteiger partial charge in [-0.3, -0.25) is 4.79 Å². The monoisotopic (exact) mass is 257 g/mol. The number of aryl methyl sites for hydroxylation is 2. The Kier molecular flexibility index (Phi) is 4.07. The number of aromatic nitrogens is 2. The molecule has 0 atom stereocenters. The van der Waals surface area contributed by atoms with Crippen molar-refractivity contribution in [1.82, 2.24) is 9.97 Å². The Morgan fingerprint density at radius 1 is 1.32 bits per heavy atom. The van der Waals surface area contributed by atoms with Crippen molar-refractivity contribution in [2.24, 2.45) is 0 Å². The highest BCUT2D eigenvalue weighted by molar-refractivity contribution is 5.91. The van der Waals surface area contributed by atoms with Crippen molar-refractivity contribution >= 4 is 11.6 Å². The summed E-state index contributed by atoms with van der Waals surface area (Å²) in [5.74, 6) is -0.240. The molecular formula is C14H15N3O2. The van der Waals surface area contributed by atoms with Gasteiger partial charge in [0.2, 0.25) is 0 Å². The molecule has 2 rings (SSSR count). The first kappa shape index (κ1) is 13.0. The quantitative estimate of drug-likeness (QED) is 0.911. The van der Waals surface area contributed by atoms with Crippen LogP contribution in [-0.2, 0) is 4.79 Å². The number of nitrogens with zero attached hydrogens (tertiary/aromatic N) is 2. The summed E-state index contributed by atoms with van der Waals surface area (Å²) in [6.45, 7) is 3.69. The predicted octanol–water partition coefficient (Wildman–Crippen LogP) is 2.11. The van der Waals surface area contributed by atoms with Crippen molar-refractivity contribution in [3.05, 3.63) is 47.8 Å². The molecule has 0 unspecified atom stereocenters. The van der Waals surface area contributed by atoms with Crippen LogP contribution in [0.5, 0.6) is 6.01 Å². The molecule has 98 valence electrons. The van der Waals surface area contributed by atoms with E-state index >= 15 is 0 Å². The molecule has 5 heteroatoms. The molecule has 0 bridgehead atoms. The fraction of sp³-hybridized carbons (Fsp3) is 0.214. The van der Waals surface area contributed by atoms with Crippen molar-refractivity contribution < 1.29 is 9.53 Å².